The monoisotopic (exact) mass is 414 g/mol. The van der Waals surface area contributed by atoms with E-state index in [1.165, 1.54) is 44.9 Å². The average molecular weight is 415 g/mol. The smallest absolute Gasteiger partial charge is 0.389 e. The molecule has 4 aliphatic carbocycles. The molecule has 0 aromatic heterocycles. The lowest BCUT2D eigenvalue weighted by Crippen LogP contribution is -2.53. The minimum Gasteiger partial charge on any atom is -0.393 e. The van der Waals surface area contributed by atoms with Crippen molar-refractivity contribution in [3.63, 3.8) is 0 Å². The van der Waals surface area contributed by atoms with Crippen LogP contribution in [0.3, 0.4) is 0 Å². The molecule has 0 spiro atoms. The fourth-order valence-corrected chi connectivity index (χ4v) is 8.71. The van der Waals surface area contributed by atoms with Crippen molar-refractivity contribution in [3.8, 4) is 0 Å². The molecule has 4 heteroatoms. The van der Waals surface area contributed by atoms with Gasteiger partial charge in [-0.25, -0.2) is 0 Å². The summed E-state index contributed by atoms with van der Waals surface area (Å²) < 4.78 is 37.1. The van der Waals surface area contributed by atoms with E-state index < -0.39 is 12.6 Å². The second-order valence-electron chi connectivity index (χ2n) is 11.6. The Hall–Kier alpha value is -0.250. The molecule has 168 valence electrons. The van der Waals surface area contributed by atoms with Crippen LogP contribution in [0.5, 0.6) is 0 Å². The molecule has 4 saturated carbocycles. The lowest BCUT2D eigenvalue weighted by Gasteiger charge is -2.61. The van der Waals surface area contributed by atoms with E-state index in [1.807, 2.05) is 0 Å². The topological polar surface area (TPSA) is 20.2 Å². The highest BCUT2D eigenvalue weighted by Crippen LogP contribution is 2.67. The number of aliphatic hydroxyl groups excluding tert-OH is 1. The van der Waals surface area contributed by atoms with Crippen LogP contribution in [0, 0.1) is 40.4 Å². The second kappa shape index (κ2) is 8.02. The van der Waals surface area contributed by atoms with Gasteiger partial charge in [0.1, 0.15) is 0 Å². The van der Waals surface area contributed by atoms with Crippen LogP contribution in [0.15, 0.2) is 0 Å². The van der Waals surface area contributed by atoms with Crippen molar-refractivity contribution in [1.29, 1.82) is 0 Å². The fraction of sp³-hybridized carbons (Fsp3) is 1.00. The molecule has 1 N–H and O–H groups in total. The van der Waals surface area contributed by atoms with Gasteiger partial charge in [0.05, 0.1) is 6.10 Å². The van der Waals surface area contributed by atoms with Gasteiger partial charge in [-0.15, -0.1) is 0 Å². The largest absolute Gasteiger partial charge is 0.393 e. The zero-order chi connectivity index (χ0) is 20.9. The SMILES string of the molecule is CC12CC[C@H](O)CC1CC[C@@H]1C2CCC2(C)C1CC[C@@H]2CCCCCC(F)(F)F. The number of halogens is 3. The Balaban J connectivity index is 1.36. The third kappa shape index (κ3) is 4.13. The molecule has 29 heavy (non-hydrogen) atoms. The van der Waals surface area contributed by atoms with Crippen molar-refractivity contribution in [2.75, 3.05) is 0 Å². The van der Waals surface area contributed by atoms with Gasteiger partial charge in [-0.05, 0) is 111 Å². The van der Waals surface area contributed by atoms with Crippen LogP contribution in [0.4, 0.5) is 13.2 Å². The van der Waals surface area contributed by atoms with Gasteiger partial charge in [0.15, 0.2) is 0 Å². The summed E-state index contributed by atoms with van der Waals surface area (Å²) in [6, 6.07) is 0. The fourth-order valence-electron chi connectivity index (χ4n) is 8.71. The van der Waals surface area contributed by atoms with Crippen LogP contribution in [-0.4, -0.2) is 17.4 Å². The van der Waals surface area contributed by atoms with Gasteiger partial charge in [0.25, 0.3) is 0 Å². The van der Waals surface area contributed by atoms with Crippen LogP contribution < -0.4 is 0 Å². The maximum Gasteiger partial charge on any atom is 0.389 e. The average Bonchev–Trinajstić information content (AvgIpc) is 2.98. The van der Waals surface area contributed by atoms with E-state index in [4.69, 9.17) is 0 Å². The van der Waals surface area contributed by atoms with Crippen LogP contribution >= 0.6 is 0 Å². The first-order chi connectivity index (χ1) is 13.6. The molecule has 0 aromatic rings. The molecule has 5 unspecified atom stereocenters. The molecular weight excluding hydrogens is 373 g/mol. The van der Waals surface area contributed by atoms with E-state index in [0.717, 1.165) is 55.8 Å². The normalized spacial score (nSPS) is 47.4. The summed E-state index contributed by atoms with van der Waals surface area (Å²) >= 11 is 0. The van der Waals surface area contributed by atoms with Gasteiger partial charge in [0, 0.05) is 6.42 Å². The number of fused-ring (bicyclic) bond motifs is 5. The van der Waals surface area contributed by atoms with E-state index in [2.05, 4.69) is 13.8 Å². The molecule has 0 saturated heterocycles. The summed E-state index contributed by atoms with van der Waals surface area (Å²) in [5, 5.41) is 10.2. The molecule has 4 aliphatic rings. The summed E-state index contributed by atoms with van der Waals surface area (Å²) in [5.41, 5.74) is 0.849. The van der Waals surface area contributed by atoms with Gasteiger partial charge in [0.2, 0.25) is 0 Å². The van der Waals surface area contributed by atoms with E-state index in [-0.39, 0.29) is 6.10 Å². The first-order valence-corrected chi connectivity index (χ1v) is 12.4. The molecule has 0 aromatic carbocycles. The minimum absolute atomic E-state index is 0.0771. The summed E-state index contributed by atoms with van der Waals surface area (Å²) in [7, 11) is 0. The molecule has 0 bridgehead atoms. The Morgan fingerprint density at radius 2 is 1.55 bits per heavy atom. The number of alkyl halides is 3. The Kier molecular flexibility index (Phi) is 6.08. The lowest BCUT2D eigenvalue weighted by atomic mass is 9.44. The quantitative estimate of drug-likeness (QED) is 0.461. The summed E-state index contributed by atoms with van der Waals surface area (Å²) in [6.07, 6.45) is 9.57. The Morgan fingerprint density at radius 3 is 2.31 bits per heavy atom. The van der Waals surface area contributed by atoms with Gasteiger partial charge in [-0.1, -0.05) is 26.7 Å². The third-order valence-corrected chi connectivity index (χ3v) is 10.3. The van der Waals surface area contributed by atoms with Gasteiger partial charge in [-0.3, -0.25) is 0 Å². The second-order valence-corrected chi connectivity index (χ2v) is 11.6. The summed E-state index contributed by atoms with van der Waals surface area (Å²) in [5.74, 6) is 3.93. The Labute approximate surface area is 175 Å². The summed E-state index contributed by atoms with van der Waals surface area (Å²) in [4.78, 5) is 0. The van der Waals surface area contributed by atoms with E-state index >= 15 is 0 Å². The maximum atomic E-state index is 12.4. The van der Waals surface area contributed by atoms with Crippen LogP contribution in [0.1, 0.15) is 104 Å². The zero-order valence-corrected chi connectivity index (χ0v) is 18.4. The Bertz CT molecular complexity index is 575. The van der Waals surface area contributed by atoms with Gasteiger partial charge in [-0.2, -0.15) is 13.2 Å². The van der Waals surface area contributed by atoms with E-state index in [9.17, 15) is 18.3 Å². The van der Waals surface area contributed by atoms with E-state index in [1.54, 1.807) is 0 Å². The van der Waals surface area contributed by atoms with Crippen molar-refractivity contribution in [1.82, 2.24) is 0 Å². The molecular formula is C25H41F3O. The molecule has 8 atom stereocenters. The van der Waals surface area contributed by atoms with Gasteiger partial charge < -0.3 is 5.11 Å². The standard InChI is InChI=1S/C25H41F3O/c1-23-15-12-22-20(9-7-18-16-19(29)11-14-24(18,22)2)21(23)10-8-17(23)6-4-3-5-13-25(26,27)28/h17-22,29H,3-16H2,1-2H3/t17-,18?,19-,20-,21?,22?,23?,24?/m0/s1. The molecule has 4 rings (SSSR count). The van der Waals surface area contributed by atoms with Crippen molar-refractivity contribution in [2.45, 2.75) is 116 Å². The number of unbranched alkanes of at least 4 members (excludes halogenated alkanes) is 2. The summed E-state index contributed by atoms with van der Waals surface area (Å²) in [6.45, 7) is 5.07. The number of rotatable bonds is 5. The van der Waals surface area contributed by atoms with Crippen molar-refractivity contribution < 1.29 is 18.3 Å². The molecule has 0 heterocycles. The zero-order valence-electron chi connectivity index (χ0n) is 18.4. The van der Waals surface area contributed by atoms with Crippen molar-refractivity contribution >= 4 is 0 Å². The van der Waals surface area contributed by atoms with Crippen LogP contribution in [-0.2, 0) is 0 Å². The minimum atomic E-state index is -3.99. The van der Waals surface area contributed by atoms with E-state index in [0.29, 0.717) is 23.2 Å². The first-order valence-electron chi connectivity index (χ1n) is 12.4. The molecule has 4 fully saturated rings. The van der Waals surface area contributed by atoms with Crippen molar-refractivity contribution in [2.24, 2.45) is 40.4 Å². The van der Waals surface area contributed by atoms with Crippen LogP contribution in [0.25, 0.3) is 0 Å². The first kappa shape index (κ1) is 22.0. The maximum absolute atomic E-state index is 12.4. The third-order valence-electron chi connectivity index (χ3n) is 10.3. The van der Waals surface area contributed by atoms with Gasteiger partial charge >= 0.3 is 6.18 Å². The molecule has 0 radical (unpaired) electrons. The lowest BCUT2D eigenvalue weighted by molar-refractivity contribution is -0.135. The molecule has 0 amide bonds. The molecule has 0 aliphatic heterocycles. The predicted octanol–water partition coefficient (Wildman–Crippen LogP) is 7.52. The highest BCUT2D eigenvalue weighted by Gasteiger charge is 2.59. The highest BCUT2D eigenvalue weighted by atomic mass is 19.4. The molecule has 1 nitrogen and oxygen atoms in total. The predicted molar refractivity (Wildman–Crippen MR) is 110 cm³/mol. The number of hydrogen-bond donors (Lipinski definition) is 1. The number of hydrogen-bond acceptors (Lipinski definition) is 1. The Morgan fingerprint density at radius 1 is 0.828 bits per heavy atom. The highest BCUT2D eigenvalue weighted by molar-refractivity contribution is 5.09. The van der Waals surface area contributed by atoms with Crippen molar-refractivity contribution in [3.05, 3.63) is 0 Å². The number of aliphatic hydroxyl groups is 1. The van der Waals surface area contributed by atoms with Crippen LogP contribution in [0.2, 0.25) is 0 Å².